The van der Waals surface area contributed by atoms with Gasteiger partial charge in [-0.05, 0) is 35.4 Å². The SMILES string of the molecule is CN1C[C@H](c2ccc(C(F)(F)F)cc2)[C@@H](C(=O)O)C1=O.O=C(O)[C@H]1C(=O)NC[C@@H]1c1ccc(C(F)(F)F)cc1. The van der Waals surface area contributed by atoms with Crippen LogP contribution in [0.5, 0.6) is 0 Å². The van der Waals surface area contributed by atoms with Crippen LogP contribution in [-0.4, -0.2) is 59.0 Å². The minimum absolute atomic E-state index is 0.112. The van der Waals surface area contributed by atoms with Gasteiger partial charge in [-0.2, -0.15) is 26.3 Å². The van der Waals surface area contributed by atoms with Gasteiger partial charge in [0.25, 0.3) is 0 Å². The number of carboxylic acid groups (broad SMARTS) is 2. The molecule has 2 aromatic carbocycles. The van der Waals surface area contributed by atoms with Gasteiger partial charge >= 0.3 is 24.3 Å². The fraction of sp³-hybridized carbons (Fsp3) is 0.360. The maximum Gasteiger partial charge on any atom is 0.416 e. The van der Waals surface area contributed by atoms with E-state index in [-0.39, 0.29) is 13.1 Å². The van der Waals surface area contributed by atoms with Gasteiger partial charge in [0.2, 0.25) is 11.8 Å². The Morgan fingerprint density at radius 1 is 0.769 bits per heavy atom. The molecule has 0 bridgehead atoms. The van der Waals surface area contributed by atoms with E-state index in [2.05, 4.69) is 5.32 Å². The molecule has 2 saturated heterocycles. The first-order valence-corrected chi connectivity index (χ1v) is 11.3. The Morgan fingerprint density at radius 3 is 1.56 bits per heavy atom. The molecule has 39 heavy (non-hydrogen) atoms. The zero-order valence-electron chi connectivity index (χ0n) is 20.1. The van der Waals surface area contributed by atoms with Gasteiger partial charge in [0.05, 0.1) is 11.1 Å². The van der Waals surface area contributed by atoms with E-state index in [4.69, 9.17) is 10.2 Å². The normalized spacial score (nSPS) is 23.2. The lowest BCUT2D eigenvalue weighted by Crippen LogP contribution is -2.28. The number of rotatable bonds is 4. The number of carbonyl (C=O) groups excluding carboxylic acids is 2. The van der Waals surface area contributed by atoms with Gasteiger partial charge in [-0.3, -0.25) is 19.2 Å². The quantitative estimate of drug-likeness (QED) is 0.388. The zero-order valence-corrected chi connectivity index (χ0v) is 20.1. The van der Waals surface area contributed by atoms with Crippen molar-refractivity contribution < 1.29 is 55.7 Å². The van der Waals surface area contributed by atoms with Crippen LogP contribution in [0.4, 0.5) is 26.3 Å². The van der Waals surface area contributed by atoms with Crippen molar-refractivity contribution in [3.63, 3.8) is 0 Å². The Hall–Kier alpha value is -4.10. The molecule has 0 saturated carbocycles. The number of carboxylic acids is 2. The van der Waals surface area contributed by atoms with E-state index >= 15 is 0 Å². The van der Waals surface area contributed by atoms with Crippen LogP contribution < -0.4 is 5.32 Å². The molecule has 2 aromatic rings. The third-order valence-electron chi connectivity index (χ3n) is 6.56. The Morgan fingerprint density at radius 2 is 1.18 bits per heavy atom. The molecule has 0 unspecified atom stereocenters. The zero-order chi connectivity index (χ0) is 29.3. The molecule has 3 N–H and O–H groups in total. The van der Waals surface area contributed by atoms with Crippen molar-refractivity contribution in [1.82, 2.24) is 10.2 Å². The minimum atomic E-state index is -4.44. The van der Waals surface area contributed by atoms with Crippen molar-refractivity contribution in [1.29, 1.82) is 0 Å². The molecule has 2 heterocycles. The predicted octanol–water partition coefficient (Wildman–Crippen LogP) is 3.58. The van der Waals surface area contributed by atoms with E-state index in [9.17, 15) is 45.5 Å². The number of nitrogens with one attached hydrogen (secondary N) is 1. The van der Waals surface area contributed by atoms with E-state index in [0.29, 0.717) is 11.1 Å². The lowest BCUT2D eigenvalue weighted by atomic mass is 9.88. The molecule has 8 nitrogen and oxygen atoms in total. The number of benzene rings is 2. The third kappa shape index (κ3) is 6.49. The van der Waals surface area contributed by atoms with E-state index in [0.717, 1.165) is 24.3 Å². The van der Waals surface area contributed by atoms with Crippen molar-refractivity contribution in [2.75, 3.05) is 20.1 Å². The highest BCUT2D eigenvalue weighted by atomic mass is 19.4. The molecule has 0 aromatic heterocycles. The van der Waals surface area contributed by atoms with Crippen molar-refractivity contribution in [2.45, 2.75) is 24.2 Å². The number of nitrogens with zero attached hydrogens (tertiary/aromatic N) is 1. The number of alkyl halides is 6. The molecule has 2 aliphatic heterocycles. The van der Waals surface area contributed by atoms with Crippen LogP contribution in [0.1, 0.15) is 34.1 Å². The van der Waals surface area contributed by atoms with Gasteiger partial charge in [-0.1, -0.05) is 24.3 Å². The van der Waals surface area contributed by atoms with Crippen LogP contribution in [0.15, 0.2) is 48.5 Å². The second-order valence-electron chi connectivity index (χ2n) is 9.05. The molecule has 4 rings (SSSR count). The minimum Gasteiger partial charge on any atom is -0.481 e. The number of likely N-dealkylation sites (tertiary alicyclic amines) is 1. The molecule has 2 amide bonds. The van der Waals surface area contributed by atoms with Crippen molar-refractivity contribution >= 4 is 23.8 Å². The number of aliphatic carboxylic acids is 2. The van der Waals surface area contributed by atoms with Gasteiger partial charge < -0.3 is 20.4 Å². The van der Waals surface area contributed by atoms with E-state index in [1.54, 1.807) is 0 Å². The summed E-state index contributed by atoms with van der Waals surface area (Å²) in [7, 11) is 1.47. The van der Waals surface area contributed by atoms with Gasteiger partial charge in [-0.15, -0.1) is 0 Å². The first-order chi connectivity index (χ1) is 18.0. The summed E-state index contributed by atoms with van der Waals surface area (Å²) < 4.78 is 74.6. The molecular weight excluding hydrogens is 538 g/mol. The molecule has 2 fully saturated rings. The van der Waals surface area contributed by atoms with Crippen molar-refractivity contribution in [3.8, 4) is 0 Å². The average molecular weight is 560 g/mol. The molecule has 4 atom stereocenters. The van der Waals surface area contributed by atoms with E-state index < -0.39 is 70.9 Å². The van der Waals surface area contributed by atoms with Crippen LogP contribution in [0.3, 0.4) is 0 Å². The molecule has 0 spiro atoms. The van der Waals surface area contributed by atoms with Gasteiger partial charge in [-0.25, -0.2) is 0 Å². The highest BCUT2D eigenvalue weighted by Crippen LogP contribution is 2.36. The predicted molar refractivity (Wildman–Crippen MR) is 121 cm³/mol. The summed E-state index contributed by atoms with van der Waals surface area (Å²) in [5.74, 6) is -7.45. The average Bonchev–Trinajstić information content (AvgIpc) is 3.38. The number of likely N-dealkylation sites (N-methyl/N-ethyl adjacent to an activating group) is 1. The maximum absolute atomic E-state index is 12.5. The Labute approximate surface area is 217 Å². The van der Waals surface area contributed by atoms with Gasteiger partial charge in [0.15, 0.2) is 0 Å². The van der Waals surface area contributed by atoms with Crippen molar-refractivity contribution in [3.05, 3.63) is 70.8 Å². The molecule has 0 radical (unpaired) electrons. The first kappa shape index (κ1) is 29.5. The second-order valence-corrected chi connectivity index (χ2v) is 9.05. The fourth-order valence-electron chi connectivity index (χ4n) is 4.53. The van der Waals surface area contributed by atoms with Crippen LogP contribution in [0.25, 0.3) is 0 Å². The molecular formula is C25H22F6N2O6. The number of hydrogen-bond acceptors (Lipinski definition) is 4. The van der Waals surface area contributed by atoms with Gasteiger partial charge in [0, 0.05) is 32.0 Å². The van der Waals surface area contributed by atoms with Crippen LogP contribution in [0.2, 0.25) is 0 Å². The summed E-state index contributed by atoms with van der Waals surface area (Å²) in [6.45, 7) is 0.294. The standard InChI is InChI=1S/C13H12F3NO3.C12H10F3NO3/c1-17-6-9(10(11(17)18)12(19)20)7-2-4-8(5-3-7)13(14,15)16;13-12(14,15)7-3-1-6(2-4-7)8-5-16-10(17)9(8)11(18)19/h2-5,9-10H,6H2,1H3,(H,19,20);1-4,8-9H,5H2,(H,16,17)(H,18,19)/t9-,10-;8-,9-/m11/s1. The molecule has 14 heteroatoms. The molecule has 0 aliphatic carbocycles. The Kier molecular flexibility index (Phi) is 8.27. The number of amides is 2. The fourth-order valence-corrected chi connectivity index (χ4v) is 4.53. The van der Waals surface area contributed by atoms with Crippen LogP contribution in [-0.2, 0) is 31.5 Å². The van der Waals surface area contributed by atoms with Gasteiger partial charge in [0.1, 0.15) is 11.8 Å². The first-order valence-electron chi connectivity index (χ1n) is 11.3. The molecule has 210 valence electrons. The van der Waals surface area contributed by atoms with Crippen molar-refractivity contribution in [2.24, 2.45) is 11.8 Å². The third-order valence-corrected chi connectivity index (χ3v) is 6.56. The van der Waals surface area contributed by atoms with Crippen LogP contribution >= 0.6 is 0 Å². The second kappa shape index (κ2) is 10.9. The molecule has 2 aliphatic rings. The summed E-state index contributed by atoms with van der Waals surface area (Å²) in [6, 6.07) is 8.46. The number of hydrogen-bond donors (Lipinski definition) is 3. The highest BCUT2D eigenvalue weighted by molar-refractivity contribution is 6.00. The summed E-state index contributed by atoms with van der Waals surface area (Å²) in [6.07, 6.45) is -8.87. The number of carbonyl (C=O) groups is 4. The summed E-state index contributed by atoms with van der Waals surface area (Å²) in [5, 5.41) is 20.5. The Balaban J connectivity index is 0.000000216. The largest absolute Gasteiger partial charge is 0.481 e. The van der Waals surface area contributed by atoms with Crippen LogP contribution in [0, 0.1) is 11.8 Å². The smallest absolute Gasteiger partial charge is 0.416 e. The maximum atomic E-state index is 12.5. The number of halogens is 6. The Bertz CT molecular complexity index is 1240. The summed E-state index contributed by atoms with van der Waals surface area (Å²) >= 11 is 0. The lowest BCUT2D eigenvalue weighted by molar-refractivity contribution is -0.148. The topological polar surface area (TPSA) is 124 Å². The monoisotopic (exact) mass is 560 g/mol. The summed E-state index contributed by atoms with van der Waals surface area (Å²) in [4.78, 5) is 46.5. The lowest BCUT2D eigenvalue weighted by Gasteiger charge is -2.14. The summed E-state index contributed by atoms with van der Waals surface area (Å²) in [5.41, 5.74) is -0.784. The van der Waals surface area contributed by atoms with E-state index in [1.165, 1.54) is 36.2 Å². The highest BCUT2D eigenvalue weighted by Gasteiger charge is 2.45. The van der Waals surface area contributed by atoms with E-state index in [1.807, 2.05) is 0 Å².